The van der Waals surface area contributed by atoms with Crippen LogP contribution in [0.5, 0.6) is 0 Å². The predicted octanol–water partition coefficient (Wildman–Crippen LogP) is 1.62. The minimum absolute atomic E-state index is 0.0130. The van der Waals surface area contributed by atoms with Crippen LogP contribution in [0.25, 0.3) is 10.9 Å². The molecule has 9 nitrogen and oxygen atoms in total. The fraction of sp³-hybridized carbons (Fsp3) is 0.591. The molecule has 2 heterocycles. The molecule has 172 valence electrons. The van der Waals surface area contributed by atoms with Crippen LogP contribution in [0.1, 0.15) is 45.2 Å². The average Bonchev–Trinajstić information content (AvgIpc) is 3.58. The number of alkyl carbamates (subject to hydrolysis) is 1. The van der Waals surface area contributed by atoms with Crippen LogP contribution < -0.4 is 27.3 Å². The third-order valence-electron chi connectivity index (χ3n) is 6.67. The van der Waals surface area contributed by atoms with Crippen LogP contribution in [0, 0.1) is 24.6 Å². The number of nitrogen functional groups attached to an aromatic ring is 1. The number of carbonyl (C=O) groups excluding carboxylic acids is 1. The summed E-state index contributed by atoms with van der Waals surface area (Å²) in [5, 5.41) is 3.03. The third-order valence-corrected chi connectivity index (χ3v) is 6.67. The Morgan fingerprint density at radius 3 is 2.41 bits per heavy atom. The van der Waals surface area contributed by atoms with Crippen molar-refractivity contribution < 1.29 is 13.9 Å². The van der Waals surface area contributed by atoms with Crippen molar-refractivity contribution in [3.8, 4) is 0 Å². The summed E-state index contributed by atoms with van der Waals surface area (Å²) in [6, 6.07) is 1.19. The molecule has 10 heteroatoms. The lowest BCUT2D eigenvalue weighted by Crippen LogP contribution is -2.45. The lowest BCUT2D eigenvalue weighted by atomic mass is 10.1. The van der Waals surface area contributed by atoms with E-state index in [4.69, 9.17) is 10.6 Å². The molecule has 0 radical (unpaired) electrons. The van der Waals surface area contributed by atoms with Gasteiger partial charge in [-0.25, -0.2) is 14.0 Å². The van der Waals surface area contributed by atoms with Gasteiger partial charge < -0.3 is 20.8 Å². The van der Waals surface area contributed by atoms with Crippen LogP contribution in [0.4, 0.5) is 14.9 Å². The lowest BCUT2D eigenvalue weighted by molar-refractivity contribution is 0.0518. The SMILES string of the molecule is Cc1c(N2CC3C(C2)C3NC(=O)OC(C)(C)C)c(F)cc2c(=O)n(N)c(=O)n(C3CC3)c12. The van der Waals surface area contributed by atoms with E-state index in [2.05, 4.69) is 5.32 Å². The number of anilines is 1. The predicted molar refractivity (Wildman–Crippen MR) is 118 cm³/mol. The van der Waals surface area contributed by atoms with Gasteiger partial charge in [-0.1, -0.05) is 0 Å². The lowest BCUT2D eigenvalue weighted by Gasteiger charge is -2.27. The van der Waals surface area contributed by atoms with Crippen molar-refractivity contribution in [2.45, 2.75) is 58.2 Å². The molecule has 0 bridgehead atoms. The van der Waals surface area contributed by atoms with Crippen LogP contribution in [-0.4, -0.2) is 40.1 Å². The van der Waals surface area contributed by atoms with Gasteiger partial charge in [-0.3, -0.25) is 9.36 Å². The van der Waals surface area contributed by atoms with E-state index in [1.54, 1.807) is 11.5 Å². The summed E-state index contributed by atoms with van der Waals surface area (Å²) in [7, 11) is 0. The minimum atomic E-state index is -0.693. The maximum atomic E-state index is 15.2. The van der Waals surface area contributed by atoms with Crippen molar-refractivity contribution in [2.24, 2.45) is 11.8 Å². The van der Waals surface area contributed by atoms with Gasteiger partial charge >= 0.3 is 11.8 Å². The van der Waals surface area contributed by atoms with E-state index in [0.717, 1.165) is 12.8 Å². The van der Waals surface area contributed by atoms with Crippen molar-refractivity contribution in [3.05, 3.63) is 38.3 Å². The second kappa shape index (κ2) is 6.73. The highest BCUT2D eigenvalue weighted by Crippen LogP contribution is 2.48. The Labute approximate surface area is 183 Å². The summed E-state index contributed by atoms with van der Waals surface area (Å²) in [4.78, 5) is 39.3. The second-order valence-electron chi connectivity index (χ2n) is 10.2. The molecule has 2 saturated carbocycles. The molecule has 2 aromatic rings. The molecule has 0 spiro atoms. The van der Waals surface area contributed by atoms with Gasteiger partial charge in [0, 0.05) is 42.6 Å². The van der Waals surface area contributed by atoms with Crippen LogP contribution in [0.3, 0.4) is 0 Å². The van der Waals surface area contributed by atoms with Gasteiger partial charge in [0.15, 0.2) is 0 Å². The number of rotatable bonds is 3. The number of aryl methyl sites for hydroxylation is 1. The zero-order valence-electron chi connectivity index (χ0n) is 18.6. The van der Waals surface area contributed by atoms with E-state index in [1.165, 1.54) is 6.07 Å². The third kappa shape index (κ3) is 3.23. The molecule has 3 fully saturated rings. The summed E-state index contributed by atoms with van der Waals surface area (Å²) < 4.78 is 22.7. The normalized spacial score (nSPS) is 24.5. The van der Waals surface area contributed by atoms with E-state index >= 15 is 4.39 Å². The van der Waals surface area contributed by atoms with Crippen LogP contribution in [-0.2, 0) is 4.74 Å². The van der Waals surface area contributed by atoms with Crippen LogP contribution in [0.15, 0.2) is 15.7 Å². The first-order valence-corrected chi connectivity index (χ1v) is 11.0. The molecule has 1 aromatic heterocycles. The first-order chi connectivity index (χ1) is 15.0. The van der Waals surface area contributed by atoms with E-state index in [9.17, 15) is 14.4 Å². The quantitative estimate of drug-likeness (QED) is 0.695. The highest BCUT2D eigenvalue weighted by molar-refractivity contribution is 5.87. The largest absolute Gasteiger partial charge is 0.444 e. The molecular weight excluding hydrogens is 417 g/mol. The van der Waals surface area contributed by atoms with Crippen molar-refractivity contribution in [2.75, 3.05) is 23.8 Å². The fourth-order valence-corrected chi connectivity index (χ4v) is 5.08. The molecule has 2 unspecified atom stereocenters. The first-order valence-electron chi connectivity index (χ1n) is 11.0. The summed E-state index contributed by atoms with van der Waals surface area (Å²) in [5.74, 6) is 5.59. The number of aromatic nitrogens is 2. The molecule has 5 rings (SSSR count). The molecule has 1 aromatic carbocycles. The summed E-state index contributed by atoms with van der Waals surface area (Å²) >= 11 is 0. The topological polar surface area (TPSA) is 112 Å². The Morgan fingerprint density at radius 2 is 1.84 bits per heavy atom. The molecule has 32 heavy (non-hydrogen) atoms. The zero-order valence-corrected chi connectivity index (χ0v) is 18.6. The van der Waals surface area contributed by atoms with E-state index < -0.39 is 28.8 Å². The number of ether oxygens (including phenoxy) is 1. The Hall–Kier alpha value is -3.04. The number of fused-ring (bicyclic) bond motifs is 2. The Kier molecular flexibility index (Phi) is 4.38. The van der Waals surface area contributed by atoms with Crippen molar-refractivity contribution in [3.63, 3.8) is 0 Å². The second-order valence-corrected chi connectivity index (χ2v) is 10.2. The van der Waals surface area contributed by atoms with E-state index in [0.29, 0.717) is 34.5 Å². The number of nitrogens with two attached hydrogens (primary N) is 1. The van der Waals surface area contributed by atoms with Crippen molar-refractivity contribution in [1.29, 1.82) is 0 Å². The molecule has 1 amide bonds. The first kappa shape index (κ1) is 20.8. The number of hydrogen-bond donors (Lipinski definition) is 2. The average molecular weight is 445 g/mol. The van der Waals surface area contributed by atoms with Gasteiger partial charge in [0.2, 0.25) is 0 Å². The molecule has 3 N–H and O–H groups in total. The number of halogens is 1. The number of amides is 1. The van der Waals surface area contributed by atoms with Crippen LogP contribution in [0.2, 0.25) is 0 Å². The maximum absolute atomic E-state index is 15.2. The zero-order chi connectivity index (χ0) is 23.1. The highest BCUT2D eigenvalue weighted by atomic mass is 19.1. The molecule has 3 aliphatic rings. The Morgan fingerprint density at radius 1 is 1.22 bits per heavy atom. The van der Waals surface area contributed by atoms with Gasteiger partial charge in [0.25, 0.3) is 5.56 Å². The van der Waals surface area contributed by atoms with Gasteiger partial charge in [-0.2, -0.15) is 4.68 Å². The van der Waals surface area contributed by atoms with Gasteiger partial charge in [-0.15, -0.1) is 0 Å². The van der Waals surface area contributed by atoms with Gasteiger partial charge in [0.05, 0.1) is 16.6 Å². The van der Waals surface area contributed by atoms with Gasteiger partial charge in [0.1, 0.15) is 11.4 Å². The standard InChI is InChI=1S/C22H28FN5O4/c1-10-17-12(19(29)28(24)21(31)27(17)11-5-6-11)7-15(23)18(10)26-8-13-14(9-26)16(13)25-20(30)32-22(2,3)4/h7,11,13-14,16H,5-6,8-9,24H2,1-4H3,(H,25,30). The molecule has 1 aliphatic heterocycles. The Bertz CT molecular complexity index is 1240. The number of carbonyl (C=O) groups is 1. The van der Waals surface area contributed by atoms with Crippen molar-refractivity contribution >= 4 is 22.7 Å². The highest BCUT2D eigenvalue weighted by Gasteiger charge is 2.57. The molecule has 2 aliphatic carbocycles. The van der Waals surface area contributed by atoms with Gasteiger partial charge in [-0.05, 0) is 46.6 Å². The minimum Gasteiger partial charge on any atom is -0.444 e. The number of nitrogens with zero attached hydrogens (tertiary/aromatic N) is 3. The number of hydrogen-bond acceptors (Lipinski definition) is 6. The summed E-state index contributed by atoms with van der Waals surface area (Å²) in [6.45, 7) is 8.35. The maximum Gasteiger partial charge on any atom is 0.407 e. The monoisotopic (exact) mass is 445 g/mol. The fourth-order valence-electron chi connectivity index (χ4n) is 5.08. The van der Waals surface area contributed by atoms with Crippen molar-refractivity contribution in [1.82, 2.24) is 14.6 Å². The number of nitrogens with one attached hydrogen (secondary N) is 1. The molecule has 2 atom stereocenters. The Balaban J connectivity index is 1.44. The number of piperidine rings is 1. The van der Waals surface area contributed by atoms with Crippen LogP contribution >= 0.6 is 0 Å². The molecule has 1 saturated heterocycles. The number of benzene rings is 1. The summed E-state index contributed by atoms with van der Waals surface area (Å²) in [5.41, 5.74) is -0.393. The summed E-state index contributed by atoms with van der Waals surface area (Å²) in [6.07, 6.45) is 1.21. The molecular formula is C22H28FN5O4. The smallest absolute Gasteiger partial charge is 0.407 e. The van der Waals surface area contributed by atoms with E-state index in [1.807, 2.05) is 25.7 Å². The van der Waals surface area contributed by atoms with E-state index in [-0.39, 0.29) is 29.3 Å².